The largest absolute Gasteiger partial charge is 0.498 e. The summed E-state index contributed by atoms with van der Waals surface area (Å²) in [6.45, 7) is 6.84. The van der Waals surface area contributed by atoms with Gasteiger partial charge >= 0.3 is 0 Å². The van der Waals surface area contributed by atoms with Gasteiger partial charge in [-0.25, -0.2) is 0 Å². The molecule has 1 aromatic rings. The molecule has 84 valence electrons. The van der Waals surface area contributed by atoms with Crippen LogP contribution in [0.25, 0.3) is 0 Å². The fourth-order valence-electron chi connectivity index (χ4n) is 1.33. The Balaban J connectivity index is 2.62. The van der Waals surface area contributed by atoms with Gasteiger partial charge in [0.25, 0.3) is 0 Å². The van der Waals surface area contributed by atoms with Gasteiger partial charge in [-0.05, 0) is 30.9 Å². The fourth-order valence-corrected chi connectivity index (χ4v) is 2.21. The van der Waals surface area contributed by atoms with Crippen LogP contribution in [0.1, 0.15) is 37.1 Å². The Labute approximate surface area is 95.8 Å². The van der Waals surface area contributed by atoms with Crippen molar-refractivity contribution in [3.63, 3.8) is 0 Å². The van der Waals surface area contributed by atoms with Crippen LogP contribution in [0.4, 0.5) is 0 Å². The highest BCUT2D eigenvalue weighted by atomic mass is 32.1. The number of allylic oxidation sites excluding steroid dienone is 1. The van der Waals surface area contributed by atoms with Gasteiger partial charge in [-0.1, -0.05) is 13.0 Å². The zero-order valence-electron chi connectivity index (χ0n) is 9.57. The Hall–Kier alpha value is -0.800. The van der Waals surface area contributed by atoms with Crippen LogP contribution in [0, 0.1) is 0 Å². The zero-order valence-corrected chi connectivity index (χ0v) is 10.4. The lowest BCUT2D eigenvalue weighted by atomic mass is 9.99. The van der Waals surface area contributed by atoms with Crippen LogP contribution in [0.3, 0.4) is 0 Å². The lowest BCUT2D eigenvalue weighted by Gasteiger charge is -2.18. The molecule has 2 nitrogen and oxygen atoms in total. The van der Waals surface area contributed by atoms with E-state index in [9.17, 15) is 0 Å². The molecule has 0 aromatic carbocycles. The first kappa shape index (κ1) is 12.3. The van der Waals surface area contributed by atoms with Crippen LogP contribution in [0.15, 0.2) is 23.8 Å². The number of hydrogen-bond acceptors (Lipinski definition) is 3. The molecule has 0 fully saturated rings. The van der Waals surface area contributed by atoms with E-state index in [1.807, 2.05) is 13.0 Å². The second kappa shape index (κ2) is 5.93. The maximum Gasteiger partial charge on any atom is 0.102 e. The Morgan fingerprint density at radius 1 is 1.53 bits per heavy atom. The van der Waals surface area contributed by atoms with Gasteiger partial charge in [0.15, 0.2) is 0 Å². The van der Waals surface area contributed by atoms with Gasteiger partial charge in [-0.15, -0.1) is 11.3 Å². The SMILES string of the molecule is C/C=C\OC(C)C(C)c1csc(CN)c1. The Bertz CT molecular complexity index is 319. The molecule has 15 heavy (non-hydrogen) atoms. The maximum absolute atomic E-state index is 5.59. The van der Waals surface area contributed by atoms with E-state index in [0.717, 1.165) is 0 Å². The number of ether oxygens (including phenoxy) is 1. The topological polar surface area (TPSA) is 35.2 Å². The van der Waals surface area contributed by atoms with E-state index in [4.69, 9.17) is 10.5 Å². The third-order valence-electron chi connectivity index (χ3n) is 2.53. The summed E-state index contributed by atoms with van der Waals surface area (Å²) in [6, 6.07) is 2.17. The summed E-state index contributed by atoms with van der Waals surface area (Å²) in [5, 5.41) is 2.17. The first-order valence-corrected chi connectivity index (χ1v) is 6.11. The molecular formula is C12H19NOS. The summed E-state index contributed by atoms with van der Waals surface area (Å²) in [6.07, 6.45) is 3.85. The molecule has 0 saturated carbocycles. The van der Waals surface area contributed by atoms with Crippen molar-refractivity contribution < 1.29 is 4.74 Å². The third-order valence-corrected chi connectivity index (χ3v) is 3.51. The first-order valence-electron chi connectivity index (χ1n) is 5.23. The predicted octanol–water partition coefficient (Wildman–Crippen LogP) is 3.25. The van der Waals surface area contributed by atoms with Crippen LogP contribution >= 0.6 is 11.3 Å². The van der Waals surface area contributed by atoms with Crippen molar-refractivity contribution in [1.29, 1.82) is 0 Å². The van der Waals surface area contributed by atoms with Crippen molar-refractivity contribution in [3.8, 4) is 0 Å². The van der Waals surface area contributed by atoms with Crippen molar-refractivity contribution in [1.82, 2.24) is 0 Å². The highest BCUT2D eigenvalue weighted by Crippen LogP contribution is 2.26. The second-order valence-electron chi connectivity index (χ2n) is 3.65. The average Bonchev–Trinajstić information content (AvgIpc) is 2.73. The lowest BCUT2D eigenvalue weighted by molar-refractivity contribution is 0.139. The van der Waals surface area contributed by atoms with E-state index in [2.05, 4.69) is 25.3 Å². The summed E-state index contributed by atoms with van der Waals surface area (Å²) in [5.41, 5.74) is 6.90. The van der Waals surface area contributed by atoms with Gasteiger partial charge in [-0.3, -0.25) is 0 Å². The van der Waals surface area contributed by atoms with Gasteiger partial charge in [0.1, 0.15) is 6.10 Å². The van der Waals surface area contributed by atoms with Gasteiger partial charge in [0.05, 0.1) is 6.26 Å². The second-order valence-corrected chi connectivity index (χ2v) is 4.65. The highest BCUT2D eigenvalue weighted by Gasteiger charge is 2.15. The maximum atomic E-state index is 5.59. The molecule has 0 aliphatic heterocycles. The normalized spacial score (nSPS) is 15.5. The van der Waals surface area contributed by atoms with Gasteiger partial charge in [0, 0.05) is 17.3 Å². The molecule has 0 aliphatic rings. The van der Waals surface area contributed by atoms with Crippen molar-refractivity contribution in [3.05, 3.63) is 34.2 Å². The molecule has 1 aromatic heterocycles. The molecule has 2 unspecified atom stereocenters. The molecular weight excluding hydrogens is 206 g/mol. The van der Waals surface area contributed by atoms with E-state index in [1.54, 1.807) is 17.6 Å². The zero-order chi connectivity index (χ0) is 11.3. The summed E-state index contributed by atoms with van der Waals surface area (Å²) in [7, 11) is 0. The Morgan fingerprint density at radius 2 is 2.27 bits per heavy atom. The Morgan fingerprint density at radius 3 is 2.80 bits per heavy atom. The van der Waals surface area contributed by atoms with Gasteiger partial charge < -0.3 is 10.5 Å². The molecule has 1 heterocycles. The van der Waals surface area contributed by atoms with Gasteiger partial charge in [0.2, 0.25) is 0 Å². The number of thiophene rings is 1. The quantitative estimate of drug-likeness (QED) is 0.781. The minimum absolute atomic E-state index is 0.196. The van der Waals surface area contributed by atoms with E-state index < -0.39 is 0 Å². The number of hydrogen-bond donors (Lipinski definition) is 1. The molecule has 2 atom stereocenters. The van der Waals surface area contributed by atoms with E-state index in [1.165, 1.54) is 10.4 Å². The van der Waals surface area contributed by atoms with E-state index in [-0.39, 0.29) is 6.10 Å². The molecule has 0 spiro atoms. The van der Waals surface area contributed by atoms with Crippen LogP contribution in [-0.4, -0.2) is 6.10 Å². The molecule has 0 amide bonds. The van der Waals surface area contributed by atoms with Crippen LogP contribution in [-0.2, 0) is 11.3 Å². The molecule has 0 saturated heterocycles. The monoisotopic (exact) mass is 225 g/mol. The molecule has 0 aliphatic carbocycles. The summed E-state index contributed by atoms with van der Waals surface area (Å²) < 4.78 is 5.54. The lowest BCUT2D eigenvalue weighted by Crippen LogP contribution is -2.13. The first-order chi connectivity index (χ1) is 7.19. The predicted molar refractivity (Wildman–Crippen MR) is 66.0 cm³/mol. The van der Waals surface area contributed by atoms with Crippen molar-refractivity contribution in [2.75, 3.05) is 0 Å². The average molecular weight is 225 g/mol. The van der Waals surface area contributed by atoms with Crippen LogP contribution < -0.4 is 5.73 Å². The fraction of sp³-hybridized carbons (Fsp3) is 0.500. The van der Waals surface area contributed by atoms with Crippen molar-refractivity contribution in [2.24, 2.45) is 5.73 Å². The molecule has 0 bridgehead atoms. The van der Waals surface area contributed by atoms with Crippen molar-refractivity contribution >= 4 is 11.3 Å². The molecule has 2 N–H and O–H groups in total. The highest BCUT2D eigenvalue weighted by molar-refractivity contribution is 7.10. The van der Waals surface area contributed by atoms with Crippen LogP contribution in [0.2, 0.25) is 0 Å². The number of nitrogens with two attached hydrogens (primary N) is 1. The van der Waals surface area contributed by atoms with E-state index in [0.29, 0.717) is 12.5 Å². The standard InChI is InChI=1S/C12H19NOS/c1-4-5-14-10(3)9(2)11-6-12(7-13)15-8-11/h4-6,8-10H,7,13H2,1-3H3/b5-4-. The summed E-state index contributed by atoms with van der Waals surface area (Å²) in [5.74, 6) is 0.401. The van der Waals surface area contributed by atoms with Crippen molar-refractivity contribution in [2.45, 2.75) is 39.3 Å². The summed E-state index contributed by atoms with van der Waals surface area (Å²) in [4.78, 5) is 1.23. The third kappa shape index (κ3) is 3.36. The van der Waals surface area contributed by atoms with E-state index >= 15 is 0 Å². The molecule has 0 radical (unpaired) electrons. The minimum Gasteiger partial charge on any atom is -0.498 e. The Kier molecular flexibility index (Phi) is 4.85. The smallest absolute Gasteiger partial charge is 0.102 e. The van der Waals surface area contributed by atoms with Gasteiger partial charge in [-0.2, -0.15) is 0 Å². The minimum atomic E-state index is 0.196. The molecule has 1 rings (SSSR count). The molecule has 3 heteroatoms. The number of rotatable bonds is 5. The summed E-state index contributed by atoms with van der Waals surface area (Å²) >= 11 is 1.72. The van der Waals surface area contributed by atoms with Crippen LogP contribution in [0.5, 0.6) is 0 Å².